The number of aryl methyl sites for hydroxylation is 1. The van der Waals surface area contributed by atoms with Gasteiger partial charge in [-0.15, -0.1) is 0 Å². The predicted octanol–water partition coefficient (Wildman–Crippen LogP) is 1.35. The van der Waals surface area contributed by atoms with Gasteiger partial charge >= 0.3 is 0 Å². The molecule has 0 aromatic heterocycles. The monoisotopic (exact) mass is 383 g/mol. The fraction of sp³-hybridized carbons (Fsp3) is 0.588. The normalized spacial score (nSPS) is 22.1. The first-order chi connectivity index (χ1) is 12.0. The zero-order chi connectivity index (χ0) is 17.9. The summed E-state index contributed by atoms with van der Waals surface area (Å²) in [7, 11) is -3.43. The molecule has 2 aliphatic heterocycles. The van der Waals surface area contributed by atoms with E-state index in [1.54, 1.807) is 12.1 Å². The first-order valence-electron chi connectivity index (χ1n) is 8.68. The number of hydrogen-bond donors (Lipinski definition) is 1. The molecular formula is C17H25N3O3S2. The number of piperazine rings is 1. The van der Waals surface area contributed by atoms with Gasteiger partial charge in [0.25, 0.3) is 0 Å². The molecule has 3 rings (SSSR count). The summed E-state index contributed by atoms with van der Waals surface area (Å²) in [6.07, 6.45) is 2.41. The number of benzene rings is 1. The van der Waals surface area contributed by atoms with E-state index in [-0.39, 0.29) is 6.10 Å². The maximum Gasteiger partial charge on any atom is 0.243 e. The minimum atomic E-state index is -3.43. The zero-order valence-corrected chi connectivity index (χ0v) is 16.1. The molecular weight excluding hydrogens is 358 g/mol. The van der Waals surface area contributed by atoms with Gasteiger partial charge < -0.3 is 15.0 Å². The lowest BCUT2D eigenvalue weighted by molar-refractivity contribution is 0.113. The zero-order valence-electron chi connectivity index (χ0n) is 14.5. The van der Waals surface area contributed by atoms with Gasteiger partial charge in [-0.25, -0.2) is 8.42 Å². The number of nitrogens with one attached hydrogen (secondary N) is 1. The van der Waals surface area contributed by atoms with Crippen LogP contribution in [0.3, 0.4) is 0 Å². The Labute approximate surface area is 155 Å². The first-order valence-corrected chi connectivity index (χ1v) is 10.5. The van der Waals surface area contributed by atoms with Crippen LogP contribution in [0.15, 0.2) is 29.2 Å². The fourth-order valence-electron chi connectivity index (χ4n) is 3.11. The van der Waals surface area contributed by atoms with Crippen LogP contribution in [-0.2, 0) is 14.8 Å². The molecule has 0 saturated carbocycles. The molecule has 138 valence electrons. The highest BCUT2D eigenvalue weighted by molar-refractivity contribution is 7.89. The predicted molar refractivity (Wildman–Crippen MR) is 101 cm³/mol. The molecule has 0 amide bonds. The van der Waals surface area contributed by atoms with E-state index in [9.17, 15) is 8.42 Å². The van der Waals surface area contributed by atoms with E-state index >= 15 is 0 Å². The molecule has 8 heteroatoms. The Bertz CT molecular complexity index is 692. The molecule has 0 aliphatic carbocycles. The average molecular weight is 384 g/mol. The van der Waals surface area contributed by atoms with Crippen LogP contribution in [0.25, 0.3) is 0 Å². The van der Waals surface area contributed by atoms with Gasteiger partial charge in [0.1, 0.15) is 0 Å². The summed E-state index contributed by atoms with van der Waals surface area (Å²) >= 11 is 5.44. The van der Waals surface area contributed by atoms with Gasteiger partial charge in [0.05, 0.1) is 11.0 Å². The number of ether oxygens (including phenoxy) is 1. The van der Waals surface area contributed by atoms with Crippen LogP contribution in [0.4, 0.5) is 0 Å². The van der Waals surface area contributed by atoms with Crippen molar-refractivity contribution < 1.29 is 13.2 Å². The van der Waals surface area contributed by atoms with E-state index in [4.69, 9.17) is 17.0 Å². The minimum Gasteiger partial charge on any atom is -0.376 e. The van der Waals surface area contributed by atoms with Crippen LogP contribution in [0, 0.1) is 6.92 Å². The summed E-state index contributed by atoms with van der Waals surface area (Å²) in [5.74, 6) is 0. The highest BCUT2D eigenvalue weighted by Gasteiger charge is 2.29. The number of nitrogens with zero attached hydrogens (tertiary/aromatic N) is 2. The summed E-state index contributed by atoms with van der Waals surface area (Å²) < 4.78 is 32.6. The second-order valence-electron chi connectivity index (χ2n) is 6.53. The van der Waals surface area contributed by atoms with Crippen molar-refractivity contribution in [1.29, 1.82) is 0 Å². The summed E-state index contributed by atoms with van der Waals surface area (Å²) in [6.45, 7) is 5.58. The third-order valence-electron chi connectivity index (χ3n) is 4.69. The molecule has 6 nitrogen and oxygen atoms in total. The van der Waals surface area contributed by atoms with E-state index in [1.807, 2.05) is 24.0 Å². The lowest BCUT2D eigenvalue weighted by Crippen LogP contribution is -2.53. The van der Waals surface area contributed by atoms with Crippen molar-refractivity contribution in [2.45, 2.75) is 30.8 Å². The standard InChI is InChI=1S/C17H25N3O3S2/c1-14-4-6-16(7-5-14)25(21,22)20-10-8-19(9-11-20)17(24)18-13-15-3-2-12-23-15/h4-7,15H,2-3,8-13H2,1H3,(H,18,24)/t15-/m0/s1. The summed E-state index contributed by atoms with van der Waals surface area (Å²) in [4.78, 5) is 2.39. The summed E-state index contributed by atoms with van der Waals surface area (Å²) in [6, 6.07) is 7.00. The van der Waals surface area contributed by atoms with Crippen LogP contribution in [0.1, 0.15) is 18.4 Å². The van der Waals surface area contributed by atoms with Crippen molar-refractivity contribution >= 4 is 27.4 Å². The highest BCUT2D eigenvalue weighted by Crippen LogP contribution is 2.18. The van der Waals surface area contributed by atoms with Gasteiger partial charge in [0.15, 0.2) is 5.11 Å². The quantitative estimate of drug-likeness (QED) is 0.792. The van der Waals surface area contributed by atoms with Crippen molar-refractivity contribution in [1.82, 2.24) is 14.5 Å². The van der Waals surface area contributed by atoms with E-state index < -0.39 is 10.0 Å². The topological polar surface area (TPSA) is 61.9 Å². The average Bonchev–Trinajstić information content (AvgIpc) is 3.14. The molecule has 2 saturated heterocycles. The Morgan fingerprint density at radius 2 is 1.92 bits per heavy atom. The molecule has 1 aromatic carbocycles. The fourth-order valence-corrected chi connectivity index (χ4v) is 4.80. The van der Waals surface area contributed by atoms with Gasteiger partial charge in [0.2, 0.25) is 10.0 Å². The molecule has 1 aromatic rings. The van der Waals surface area contributed by atoms with Crippen LogP contribution in [0.2, 0.25) is 0 Å². The van der Waals surface area contributed by atoms with Crippen molar-refractivity contribution in [3.05, 3.63) is 29.8 Å². The number of thiocarbonyl (C=S) groups is 1. The third-order valence-corrected chi connectivity index (χ3v) is 7.00. The molecule has 2 fully saturated rings. The van der Waals surface area contributed by atoms with Gasteiger partial charge in [-0.2, -0.15) is 4.31 Å². The Kier molecular flexibility index (Phi) is 5.93. The van der Waals surface area contributed by atoms with Gasteiger partial charge in [0, 0.05) is 39.3 Å². The first kappa shape index (κ1) is 18.6. The van der Waals surface area contributed by atoms with Crippen molar-refractivity contribution in [2.75, 3.05) is 39.3 Å². The molecule has 2 aliphatic rings. The van der Waals surface area contributed by atoms with E-state index in [2.05, 4.69) is 5.32 Å². The smallest absolute Gasteiger partial charge is 0.243 e. The number of rotatable bonds is 4. The van der Waals surface area contributed by atoms with Crippen molar-refractivity contribution in [3.63, 3.8) is 0 Å². The van der Waals surface area contributed by atoms with E-state index in [0.717, 1.165) is 31.6 Å². The molecule has 25 heavy (non-hydrogen) atoms. The third kappa shape index (κ3) is 4.49. The maximum absolute atomic E-state index is 12.7. The molecule has 0 radical (unpaired) electrons. The lowest BCUT2D eigenvalue weighted by Gasteiger charge is -2.35. The van der Waals surface area contributed by atoms with Gasteiger partial charge in [-0.3, -0.25) is 0 Å². The molecule has 1 atom stereocenters. The summed E-state index contributed by atoms with van der Waals surface area (Å²) in [5.41, 5.74) is 1.05. The number of hydrogen-bond acceptors (Lipinski definition) is 4. The minimum absolute atomic E-state index is 0.237. The van der Waals surface area contributed by atoms with Crippen LogP contribution >= 0.6 is 12.2 Å². The second kappa shape index (κ2) is 7.99. The molecule has 1 N–H and O–H groups in total. The molecule has 0 spiro atoms. The Hall–Kier alpha value is -1.22. The Morgan fingerprint density at radius 1 is 1.24 bits per heavy atom. The maximum atomic E-state index is 12.7. The highest BCUT2D eigenvalue weighted by atomic mass is 32.2. The Morgan fingerprint density at radius 3 is 2.52 bits per heavy atom. The van der Waals surface area contributed by atoms with Crippen LogP contribution in [0.5, 0.6) is 0 Å². The van der Waals surface area contributed by atoms with Crippen LogP contribution < -0.4 is 5.32 Å². The van der Waals surface area contributed by atoms with E-state index in [0.29, 0.717) is 36.2 Å². The van der Waals surface area contributed by atoms with E-state index in [1.165, 1.54) is 4.31 Å². The van der Waals surface area contributed by atoms with Crippen molar-refractivity contribution in [2.24, 2.45) is 0 Å². The molecule has 0 bridgehead atoms. The summed E-state index contributed by atoms with van der Waals surface area (Å²) in [5, 5.41) is 3.93. The second-order valence-corrected chi connectivity index (χ2v) is 8.85. The van der Waals surface area contributed by atoms with Gasteiger partial charge in [-0.1, -0.05) is 17.7 Å². The Balaban J connectivity index is 1.52. The molecule has 2 heterocycles. The van der Waals surface area contributed by atoms with Crippen LogP contribution in [-0.4, -0.2) is 68.2 Å². The lowest BCUT2D eigenvalue weighted by atomic mass is 10.2. The molecule has 0 unspecified atom stereocenters. The van der Waals surface area contributed by atoms with Gasteiger partial charge in [-0.05, 0) is 44.1 Å². The number of sulfonamides is 1. The SMILES string of the molecule is Cc1ccc(S(=O)(=O)N2CCN(C(=S)NC[C@@H]3CCCO3)CC2)cc1. The largest absolute Gasteiger partial charge is 0.376 e. The van der Waals surface area contributed by atoms with Crippen molar-refractivity contribution in [3.8, 4) is 0 Å².